The molecule has 1 aliphatic rings. The van der Waals surface area contributed by atoms with E-state index in [2.05, 4.69) is 16.9 Å². The van der Waals surface area contributed by atoms with Crippen molar-refractivity contribution < 1.29 is 14.3 Å². The highest BCUT2D eigenvalue weighted by molar-refractivity contribution is 6.31. The molecule has 7 heteroatoms. The highest BCUT2D eigenvalue weighted by atomic mass is 35.5. The fourth-order valence-corrected chi connectivity index (χ4v) is 3.59. The van der Waals surface area contributed by atoms with Crippen LogP contribution in [0, 0.1) is 23.7 Å². The molecule has 6 nitrogen and oxygen atoms in total. The zero-order valence-corrected chi connectivity index (χ0v) is 17.6. The van der Waals surface area contributed by atoms with Crippen molar-refractivity contribution in [3.63, 3.8) is 0 Å². The zero-order valence-electron chi connectivity index (χ0n) is 16.8. The SMILES string of the molecule is Cc1cc(OCc2ccc(C(=O)NNC(=O)C3(C#N)CCCCC3)cc2)ccc1Cl. The molecular weight excluding hydrogens is 402 g/mol. The van der Waals surface area contributed by atoms with Crippen LogP contribution in [0.5, 0.6) is 5.75 Å². The van der Waals surface area contributed by atoms with Crippen molar-refractivity contribution in [3.05, 3.63) is 64.2 Å². The van der Waals surface area contributed by atoms with Gasteiger partial charge in [-0.3, -0.25) is 20.4 Å². The Labute approximate surface area is 181 Å². The largest absolute Gasteiger partial charge is 0.489 e. The van der Waals surface area contributed by atoms with Gasteiger partial charge in [0, 0.05) is 10.6 Å². The van der Waals surface area contributed by atoms with E-state index in [0.717, 1.165) is 36.1 Å². The molecule has 2 aromatic rings. The molecule has 156 valence electrons. The summed E-state index contributed by atoms with van der Waals surface area (Å²) in [6, 6.07) is 14.5. The van der Waals surface area contributed by atoms with Gasteiger partial charge in [0.25, 0.3) is 11.8 Å². The Bertz CT molecular complexity index is 961. The van der Waals surface area contributed by atoms with Crippen molar-refractivity contribution in [2.45, 2.75) is 45.6 Å². The molecule has 0 spiro atoms. The zero-order chi connectivity index (χ0) is 21.6. The van der Waals surface area contributed by atoms with Gasteiger partial charge in [-0.1, -0.05) is 43.0 Å². The molecule has 2 amide bonds. The predicted molar refractivity (Wildman–Crippen MR) is 114 cm³/mol. The quantitative estimate of drug-likeness (QED) is 0.691. The van der Waals surface area contributed by atoms with Gasteiger partial charge in [0.15, 0.2) is 0 Å². The van der Waals surface area contributed by atoms with Gasteiger partial charge in [0.05, 0.1) is 6.07 Å². The summed E-state index contributed by atoms with van der Waals surface area (Å²) in [4.78, 5) is 24.8. The van der Waals surface area contributed by atoms with E-state index in [9.17, 15) is 14.9 Å². The Morgan fingerprint density at radius 1 is 1.10 bits per heavy atom. The van der Waals surface area contributed by atoms with Crippen molar-refractivity contribution in [1.29, 1.82) is 5.26 Å². The number of carbonyl (C=O) groups is 2. The molecule has 0 unspecified atom stereocenters. The maximum Gasteiger partial charge on any atom is 0.269 e. The Morgan fingerprint density at radius 2 is 1.80 bits per heavy atom. The maximum atomic E-state index is 12.4. The molecule has 30 heavy (non-hydrogen) atoms. The van der Waals surface area contributed by atoms with Crippen LogP contribution in [0.4, 0.5) is 0 Å². The lowest BCUT2D eigenvalue weighted by Gasteiger charge is -2.29. The molecule has 2 aromatic carbocycles. The van der Waals surface area contributed by atoms with Crippen LogP contribution in [0.15, 0.2) is 42.5 Å². The Kier molecular flexibility index (Phi) is 6.96. The third-order valence-corrected chi connectivity index (χ3v) is 5.82. The van der Waals surface area contributed by atoms with Gasteiger partial charge in [-0.15, -0.1) is 0 Å². The number of nitriles is 1. The molecule has 0 heterocycles. The fraction of sp³-hybridized carbons (Fsp3) is 0.348. The van der Waals surface area contributed by atoms with Gasteiger partial charge in [-0.05, 0) is 61.2 Å². The number of carbonyl (C=O) groups excluding carboxylic acids is 2. The van der Waals surface area contributed by atoms with E-state index in [1.54, 1.807) is 36.4 Å². The first-order chi connectivity index (χ1) is 14.4. The van der Waals surface area contributed by atoms with Crippen molar-refractivity contribution in [2.75, 3.05) is 0 Å². The van der Waals surface area contributed by atoms with E-state index in [1.165, 1.54) is 0 Å². The first kappa shape index (κ1) is 21.7. The first-order valence-corrected chi connectivity index (χ1v) is 10.3. The molecule has 1 fully saturated rings. The van der Waals surface area contributed by atoms with Crippen LogP contribution in [0.1, 0.15) is 53.6 Å². The Balaban J connectivity index is 1.52. The van der Waals surface area contributed by atoms with Crippen LogP contribution in [-0.4, -0.2) is 11.8 Å². The van der Waals surface area contributed by atoms with Crippen molar-refractivity contribution in [3.8, 4) is 11.8 Å². The second-order valence-corrected chi connectivity index (χ2v) is 7.97. The van der Waals surface area contributed by atoms with E-state index < -0.39 is 17.2 Å². The number of aryl methyl sites for hydroxylation is 1. The minimum absolute atomic E-state index is 0.352. The summed E-state index contributed by atoms with van der Waals surface area (Å²) in [7, 11) is 0. The lowest BCUT2D eigenvalue weighted by atomic mass is 9.75. The van der Waals surface area contributed by atoms with Crippen LogP contribution in [0.25, 0.3) is 0 Å². The minimum Gasteiger partial charge on any atom is -0.489 e. The summed E-state index contributed by atoms with van der Waals surface area (Å²) < 4.78 is 5.75. The monoisotopic (exact) mass is 425 g/mol. The summed E-state index contributed by atoms with van der Waals surface area (Å²) >= 11 is 6.01. The minimum atomic E-state index is -1.05. The van der Waals surface area contributed by atoms with E-state index >= 15 is 0 Å². The molecule has 3 rings (SSSR count). The topological polar surface area (TPSA) is 91.2 Å². The van der Waals surface area contributed by atoms with Gasteiger partial charge in [0.1, 0.15) is 17.8 Å². The van der Waals surface area contributed by atoms with Crippen molar-refractivity contribution >= 4 is 23.4 Å². The summed E-state index contributed by atoms with van der Waals surface area (Å²) in [5.41, 5.74) is 6.01. The number of hydrazine groups is 1. The molecule has 0 aliphatic heterocycles. The van der Waals surface area contributed by atoms with E-state index in [-0.39, 0.29) is 0 Å². The Morgan fingerprint density at radius 3 is 2.43 bits per heavy atom. The number of nitrogens with zero attached hydrogens (tertiary/aromatic N) is 1. The molecule has 0 saturated heterocycles. The summed E-state index contributed by atoms with van der Waals surface area (Å²) in [6.45, 7) is 2.26. The number of hydrogen-bond acceptors (Lipinski definition) is 4. The smallest absolute Gasteiger partial charge is 0.269 e. The van der Waals surface area contributed by atoms with E-state index in [1.807, 2.05) is 13.0 Å². The number of benzene rings is 2. The Hall–Kier alpha value is -3.04. The molecule has 0 radical (unpaired) electrons. The van der Waals surface area contributed by atoms with Gasteiger partial charge < -0.3 is 4.74 Å². The number of amides is 2. The van der Waals surface area contributed by atoms with Crippen LogP contribution >= 0.6 is 11.6 Å². The lowest BCUT2D eigenvalue weighted by Crippen LogP contribution is -2.49. The number of hydrogen-bond donors (Lipinski definition) is 2. The molecular formula is C23H24ClN3O3. The van der Waals surface area contributed by atoms with Crippen LogP contribution < -0.4 is 15.6 Å². The van der Waals surface area contributed by atoms with E-state index in [4.69, 9.17) is 16.3 Å². The van der Waals surface area contributed by atoms with Crippen molar-refractivity contribution in [1.82, 2.24) is 10.9 Å². The lowest BCUT2D eigenvalue weighted by molar-refractivity contribution is -0.130. The van der Waals surface area contributed by atoms with Gasteiger partial charge in [0.2, 0.25) is 0 Å². The second-order valence-electron chi connectivity index (χ2n) is 7.56. The number of nitrogens with one attached hydrogen (secondary N) is 2. The molecule has 1 aliphatic carbocycles. The normalized spacial score (nSPS) is 15.0. The average Bonchev–Trinajstić information content (AvgIpc) is 2.78. The summed E-state index contributed by atoms with van der Waals surface area (Å²) in [5, 5.41) is 10.1. The summed E-state index contributed by atoms with van der Waals surface area (Å²) in [6.07, 6.45) is 3.75. The molecule has 0 aromatic heterocycles. The van der Waals surface area contributed by atoms with Crippen LogP contribution in [0.3, 0.4) is 0 Å². The molecule has 0 atom stereocenters. The average molecular weight is 426 g/mol. The molecule has 1 saturated carbocycles. The second kappa shape index (κ2) is 9.64. The fourth-order valence-electron chi connectivity index (χ4n) is 3.48. The van der Waals surface area contributed by atoms with Crippen LogP contribution in [-0.2, 0) is 11.4 Å². The highest BCUT2D eigenvalue weighted by Gasteiger charge is 2.40. The first-order valence-electron chi connectivity index (χ1n) is 9.93. The maximum absolute atomic E-state index is 12.4. The molecule has 0 bridgehead atoms. The van der Waals surface area contributed by atoms with Gasteiger partial charge >= 0.3 is 0 Å². The number of rotatable bonds is 5. The predicted octanol–water partition coefficient (Wildman–Crippen LogP) is 4.46. The standard InChI is InChI=1S/C23H24ClN3O3/c1-16-13-19(9-10-20(16)24)30-14-17-5-7-18(8-6-17)21(28)26-27-22(29)23(15-25)11-3-2-4-12-23/h5-10,13H,2-4,11-12,14H2,1H3,(H,26,28)(H,27,29). The van der Waals surface area contributed by atoms with Gasteiger partial charge in [-0.2, -0.15) is 5.26 Å². The molecule has 2 N–H and O–H groups in total. The number of ether oxygens (including phenoxy) is 1. The number of halogens is 1. The third kappa shape index (κ3) is 5.11. The summed E-state index contributed by atoms with van der Waals surface area (Å²) in [5.74, 6) is -0.162. The highest BCUT2D eigenvalue weighted by Crippen LogP contribution is 2.35. The van der Waals surface area contributed by atoms with Crippen LogP contribution in [0.2, 0.25) is 5.02 Å². The van der Waals surface area contributed by atoms with Gasteiger partial charge in [-0.25, -0.2) is 0 Å². The van der Waals surface area contributed by atoms with E-state index in [0.29, 0.717) is 30.0 Å². The third-order valence-electron chi connectivity index (χ3n) is 5.40. The van der Waals surface area contributed by atoms with Crippen molar-refractivity contribution in [2.24, 2.45) is 5.41 Å².